The van der Waals surface area contributed by atoms with E-state index < -0.39 is 5.41 Å². The van der Waals surface area contributed by atoms with Crippen LogP contribution in [-0.2, 0) is 11.3 Å². The standard InChI is InChI=1S/C23H26N2O5/c1-23(2,3)20(27)14-25-19-13-17(29-4)9-10-18(19)21(24-25)22(28)15-5-7-16(8-6-15)30-12-11-26/h5-10,13,26H,11-12,14H2,1-4H3. The molecule has 2 aromatic carbocycles. The molecule has 7 heteroatoms. The summed E-state index contributed by atoms with van der Waals surface area (Å²) in [5.74, 6) is 0.952. The van der Waals surface area contributed by atoms with Gasteiger partial charge >= 0.3 is 0 Å². The Morgan fingerprint density at radius 2 is 1.73 bits per heavy atom. The van der Waals surface area contributed by atoms with E-state index in [4.69, 9.17) is 14.6 Å². The van der Waals surface area contributed by atoms with Crippen molar-refractivity contribution in [2.75, 3.05) is 20.3 Å². The third-order valence-electron chi connectivity index (χ3n) is 4.78. The van der Waals surface area contributed by atoms with E-state index in [1.807, 2.05) is 20.8 Å². The fourth-order valence-electron chi connectivity index (χ4n) is 2.94. The first kappa shape index (κ1) is 21.5. The van der Waals surface area contributed by atoms with E-state index in [1.54, 1.807) is 54.3 Å². The maximum atomic E-state index is 13.2. The van der Waals surface area contributed by atoms with E-state index in [0.717, 1.165) is 0 Å². The first-order chi connectivity index (χ1) is 14.2. The van der Waals surface area contributed by atoms with Crippen LogP contribution in [0.4, 0.5) is 0 Å². The number of Topliss-reactive ketones (excluding diaryl/α,β-unsaturated/α-hetero) is 1. The lowest BCUT2D eigenvalue weighted by atomic mass is 9.91. The Morgan fingerprint density at radius 3 is 2.33 bits per heavy atom. The molecule has 0 aliphatic heterocycles. The van der Waals surface area contributed by atoms with Crippen LogP contribution in [0, 0.1) is 5.41 Å². The quantitative estimate of drug-likeness (QED) is 0.573. The average Bonchev–Trinajstić information content (AvgIpc) is 3.09. The van der Waals surface area contributed by atoms with Crippen molar-refractivity contribution in [1.82, 2.24) is 9.78 Å². The fourth-order valence-corrected chi connectivity index (χ4v) is 2.94. The van der Waals surface area contributed by atoms with Crippen molar-refractivity contribution in [3.8, 4) is 11.5 Å². The maximum absolute atomic E-state index is 13.2. The van der Waals surface area contributed by atoms with Crippen molar-refractivity contribution in [3.63, 3.8) is 0 Å². The zero-order chi connectivity index (χ0) is 21.9. The molecule has 3 aromatic rings. The fraction of sp³-hybridized carbons (Fsp3) is 0.348. The topological polar surface area (TPSA) is 90.7 Å². The second-order valence-electron chi connectivity index (χ2n) is 7.99. The van der Waals surface area contributed by atoms with Gasteiger partial charge in [-0.15, -0.1) is 0 Å². The number of carbonyl (C=O) groups is 2. The van der Waals surface area contributed by atoms with Crippen LogP contribution < -0.4 is 9.47 Å². The number of nitrogens with zero attached hydrogens (tertiary/aromatic N) is 2. The summed E-state index contributed by atoms with van der Waals surface area (Å²) in [6.07, 6.45) is 0. The van der Waals surface area contributed by atoms with Crippen LogP contribution >= 0.6 is 0 Å². The molecule has 3 rings (SSSR count). The Bertz CT molecular complexity index is 1060. The minimum atomic E-state index is -0.522. The molecule has 1 N–H and O–H groups in total. The molecule has 0 fully saturated rings. The van der Waals surface area contributed by atoms with E-state index in [2.05, 4.69) is 5.10 Å². The van der Waals surface area contributed by atoms with Gasteiger partial charge < -0.3 is 14.6 Å². The second-order valence-corrected chi connectivity index (χ2v) is 7.99. The molecule has 0 aliphatic carbocycles. The summed E-state index contributed by atoms with van der Waals surface area (Å²) in [4.78, 5) is 25.8. The Kier molecular flexibility index (Phi) is 6.22. The van der Waals surface area contributed by atoms with E-state index in [-0.39, 0.29) is 37.0 Å². The largest absolute Gasteiger partial charge is 0.497 e. The SMILES string of the molecule is COc1ccc2c(C(=O)c3ccc(OCCO)cc3)nn(CC(=O)C(C)(C)C)c2c1. The monoisotopic (exact) mass is 410 g/mol. The molecule has 0 bridgehead atoms. The van der Waals surface area contributed by atoms with E-state index in [0.29, 0.717) is 28.0 Å². The molecule has 1 heterocycles. The lowest BCUT2D eigenvalue weighted by Gasteiger charge is -2.16. The van der Waals surface area contributed by atoms with Crippen molar-refractivity contribution < 1.29 is 24.2 Å². The van der Waals surface area contributed by atoms with Crippen molar-refractivity contribution >= 4 is 22.5 Å². The molecule has 0 aliphatic rings. The van der Waals surface area contributed by atoms with Crippen LogP contribution in [0.25, 0.3) is 10.9 Å². The van der Waals surface area contributed by atoms with Gasteiger partial charge in [0.1, 0.15) is 30.3 Å². The lowest BCUT2D eigenvalue weighted by molar-refractivity contribution is -0.127. The van der Waals surface area contributed by atoms with Gasteiger partial charge in [-0.3, -0.25) is 14.3 Å². The summed E-state index contributed by atoms with van der Waals surface area (Å²) in [5.41, 5.74) is 0.874. The first-order valence-corrected chi connectivity index (χ1v) is 9.71. The molecule has 0 unspecified atom stereocenters. The summed E-state index contributed by atoms with van der Waals surface area (Å²) in [6.45, 7) is 5.73. The number of methoxy groups -OCH3 is 1. The van der Waals surface area contributed by atoms with Gasteiger partial charge in [-0.1, -0.05) is 20.8 Å². The highest BCUT2D eigenvalue weighted by molar-refractivity contribution is 6.15. The summed E-state index contributed by atoms with van der Waals surface area (Å²) in [7, 11) is 1.56. The predicted octanol–water partition coefficient (Wildman–Crippen LogP) is 3.26. The number of rotatable bonds is 8. The van der Waals surface area contributed by atoms with Gasteiger partial charge in [-0.25, -0.2) is 0 Å². The Hall–Kier alpha value is -3.19. The number of benzene rings is 2. The van der Waals surface area contributed by atoms with Crippen molar-refractivity contribution in [2.45, 2.75) is 27.3 Å². The summed E-state index contributed by atoms with van der Waals surface area (Å²) in [5, 5.41) is 14.0. The highest BCUT2D eigenvalue weighted by Crippen LogP contribution is 2.27. The number of carbonyl (C=O) groups excluding carboxylic acids is 2. The molecule has 0 radical (unpaired) electrons. The molecular formula is C23H26N2O5. The highest BCUT2D eigenvalue weighted by Gasteiger charge is 2.25. The van der Waals surface area contributed by atoms with Crippen LogP contribution in [0.3, 0.4) is 0 Å². The molecule has 0 spiro atoms. The maximum Gasteiger partial charge on any atom is 0.213 e. The summed E-state index contributed by atoms with van der Waals surface area (Å²) < 4.78 is 12.2. The van der Waals surface area contributed by atoms with E-state index in [1.165, 1.54) is 0 Å². The number of hydrogen-bond acceptors (Lipinski definition) is 6. The predicted molar refractivity (Wildman–Crippen MR) is 113 cm³/mol. The van der Waals surface area contributed by atoms with E-state index >= 15 is 0 Å². The number of ether oxygens (including phenoxy) is 2. The van der Waals surface area contributed by atoms with Crippen LogP contribution in [0.2, 0.25) is 0 Å². The molecule has 158 valence electrons. The number of hydrogen-bond donors (Lipinski definition) is 1. The lowest BCUT2D eigenvalue weighted by Crippen LogP contribution is -2.25. The first-order valence-electron chi connectivity index (χ1n) is 9.71. The van der Waals surface area contributed by atoms with Gasteiger partial charge in [-0.2, -0.15) is 5.10 Å². The Morgan fingerprint density at radius 1 is 1.07 bits per heavy atom. The molecule has 0 atom stereocenters. The number of aliphatic hydroxyl groups excluding tert-OH is 1. The highest BCUT2D eigenvalue weighted by atomic mass is 16.5. The van der Waals surface area contributed by atoms with E-state index in [9.17, 15) is 9.59 Å². The Balaban J connectivity index is 2.00. The average molecular weight is 410 g/mol. The molecule has 0 saturated carbocycles. The number of fused-ring (bicyclic) bond motifs is 1. The second kappa shape index (κ2) is 8.67. The molecule has 1 aromatic heterocycles. The van der Waals surface area contributed by atoms with Gasteiger partial charge in [0, 0.05) is 22.4 Å². The van der Waals surface area contributed by atoms with Crippen LogP contribution in [0.15, 0.2) is 42.5 Å². The van der Waals surface area contributed by atoms with Gasteiger partial charge in [0.2, 0.25) is 5.78 Å². The van der Waals surface area contributed by atoms with Crippen molar-refractivity contribution in [1.29, 1.82) is 0 Å². The normalized spacial score (nSPS) is 11.5. The molecule has 0 saturated heterocycles. The van der Waals surface area contributed by atoms with Crippen molar-refractivity contribution in [2.24, 2.45) is 5.41 Å². The number of ketones is 2. The van der Waals surface area contributed by atoms with Gasteiger partial charge in [0.15, 0.2) is 5.78 Å². The zero-order valence-corrected chi connectivity index (χ0v) is 17.6. The van der Waals surface area contributed by atoms with Crippen LogP contribution in [-0.4, -0.2) is 46.8 Å². The van der Waals surface area contributed by atoms with Gasteiger partial charge in [-0.05, 0) is 36.4 Å². The number of aliphatic hydroxyl groups is 1. The van der Waals surface area contributed by atoms with Gasteiger partial charge in [0.05, 0.1) is 19.2 Å². The Labute approximate surface area is 175 Å². The van der Waals surface area contributed by atoms with Crippen molar-refractivity contribution in [3.05, 3.63) is 53.7 Å². The summed E-state index contributed by atoms with van der Waals surface area (Å²) >= 11 is 0. The smallest absolute Gasteiger partial charge is 0.213 e. The zero-order valence-electron chi connectivity index (χ0n) is 17.6. The van der Waals surface area contributed by atoms with Crippen LogP contribution in [0.1, 0.15) is 36.8 Å². The third kappa shape index (κ3) is 4.52. The minimum absolute atomic E-state index is 0.0131. The molecule has 30 heavy (non-hydrogen) atoms. The summed E-state index contributed by atoms with van der Waals surface area (Å²) in [6, 6.07) is 12.0. The molecule has 0 amide bonds. The molecular weight excluding hydrogens is 384 g/mol. The minimum Gasteiger partial charge on any atom is -0.497 e. The molecule has 7 nitrogen and oxygen atoms in total. The van der Waals surface area contributed by atoms with Gasteiger partial charge in [0.25, 0.3) is 0 Å². The third-order valence-corrected chi connectivity index (χ3v) is 4.78. The van der Waals surface area contributed by atoms with Crippen LogP contribution in [0.5, 0.6) is 11.5 Å². The number of aromatic nitrogens is 2.